The lowest BCUT2D eigenvalue weighted by Crippen LogP contribution is -2.11. The van der Waals surface area contributed by atoms with Gasteiger partial charge >= 0.3 is 0 Å². The van der Waals surface area contributed by atoms with Crippen LogP contribution < -0.4 is 5.73 Å². The Kier molecular flexibility index (Phi) is 4.90. The third-order valence-electron chi connectivity index (χ3n) is 1.59. The van der Waals surface area contributed by atoms with Crippen LogP contribution in [-0.4, -0.2) is 16.5 Å². The maximum absolute atomic E-state index is 11.3. The largest absolute Gasteiger partial charge is 0.330 e. The van der Waals surface area contributed by atoms with Crippen molar-refractivity contribution in [3.63, 3.8) is 0 Å². The van der Waals surface area contributed by atoms with E-state index in [0.717, 1.165) is 5.56 Å². The summed E-state index contributed by atoms with van der Waals surface area (Å²) in [5.41, 5.74) is 6.43. The van der Waals surface area contributed by atoms with Gasteiger partial charge in [-0.05, 0) is 40.3 Å². The molecule has 0 aliphatic carbocycles. The first kappa shape index (κ1) is 11.1. The van der Waals surface area contributed by atoms with Gasteiger partial charge in [0.1, 0.15) is 0 Å². The van der Waals surface area contributed by atoms with Gasteiger partial charge in [0.15, 0.2) is 0 Å². The van der Waals surface area contributed by atoms with Gasteiger partial charge in [-0.1, -0.05) is 12.1 Å². The molecule has 0 aliphatic heterocycles. The molecule has 1 unspecified atom stereocenters. The van der Waals surface area contributed by atoms with Crippen LogP contribution in [0.1, 0.15) is 5.56 Å². The van der Waals surface area contributed by atoms with E-state index in [-0.39, 0.29) is 0 Å². The Morgan fingerprint density at radius 2 is 1.92 bits per heavy atom. The summed E-state index contributed by atoms with van der Waals surface area (Å²) < 4.78 is 12.5. The second-order valence-corrected chi connectivity index (χ2v) is 5.53. The first-order chi connectivity index (χ1) is 6.22. The van der Waals surface area contributed by atoms with E-state index in [0.29, 0.717) is 18.1 Å². The van der Waals surface area contributed by atoms with Crippen LogP contribution >= 0.6 is 22.6 Å². The summed E-state index contributed by atoms with van der Waals surface area (Å²) in [5, 5.41) is 0. The van der Waals surface area contributed by atoms with Crippen LogP contribution in [0.15, 0.2) is 24.3 Å². The van der Waals surface area contributed by atoms with E-state index in [1.807, 2.05) is 24.3 Å². The predicted molar refractivity (Wildman–Crippen MR) is 64.9 cm³/mol. The van der Waals surface area contributed by atoms with Crippen LogP contribution in [0.5, 0.6) is 0 Å². The SMILES string of the molecule is NCCS(=O)Cc1ccc(I)cc1. The zero-order valence-corrected chi connectivity index (χ0v) is 10.2. The smallest absolute Gasteiger partial charge is 0.0486 e. The number of hydrogen-bond donors (Lipinski definition) is 1. The van der Waals surface area contributed by atoms with E-state index in [4.69, 9.17) is 5.73 Å². The van der Waals surface area contributed by atoms with E-state index in [1.54, 1.807) is 0 Å². The van der Waals surface area contributed by atoms with Crippen LogP contribution in [0.25, 0.3) is 0 Å². The Morgan fingerprint density at radius 3 is 2.46 bits per heavy atom. The summed E-state index contributed by atoms with van der Waals surface area (Å²) in [5.74, 6) is 1.21. The number of rotatable bonds is 4. The lowest BCUT2D eigenvalue weighted by Gasteiger charge is -2.00. The second kappa shape index (κ2) is 5.72. The molecule has 0 fully saturated rings. The van der Waals surface area contributed by atoms with Crippen LogP contribution in [0, 0.1) is 3.57 Å². The average molecular weight is 309 g/mol. The molecule has 2 N–H and O–H groups in total. The van der Waals surface area contributed by atoms with Gasteiger partial charge in [0.05, 0.1) is 0 Å². The molecule has 0 aliphatic rings. The Morgan fingerprint density at radius 1 is 1.31 bits per heavy atom. The van der Waals surface area contributed by atoms with Gasteiger partial charge in [-0.3, -0.25) is 4.21 Å². The first-order valence-electron chi connectivity index (χ1n) is 4.02. The molecule has 1 aromatic carbocycles. The van der Waals surface area contributed by atoms with E-state index in [2.05, 4.69) is 22.6 Å². The molecule has 0 saturated heterocycles. The molecule has 0 aromatic heterocycles. The lowest BCUT2D eigenvalue weighted by molar-refractivity contribution is 0.682. The van der Waals surface area contributed by atoms with Crippen molar-refractivity contribution in [2.45, 2.75) is 5.75 Å². The summed E-state index contributed by atoms with van der Waals surface area (Å²) >= 11 is 2.25. The third-order valence-corrected chi connectivity index (χ3v) is 3.65. The van der Waals surface area contributed by atoms with Gasteiger partial charge in [0, 0.05) is 32.4 Å². The number of nitrogens with two attached hydrogens (primary N) is 1. The number of benzene rings is 1. The Balaban J connectivity index is 2.54. The second-order valence-electron chi connectivity index (χ2n) is 2.70. The van der Waals surface area contributed by atoms with Gasteiger partial charge in [-0.2, -0.15) is 0 Å². The Hall–Kier alpha value is 0.0600. The molecule has 1 atom stereocenters. The maximum atomic E-state index is 11.3. The minimum absolute atomic E-state index is 0.497. The minimum atomic E-state index is -0.805. The molecule has 1 rings (SSSR count). The zero-order chi connectivity index (χ0) is 9.68. The number of hydrogen-bond acceptors (Lipinski definition) is 2. The van der Waals surface area contributed by atoms with E-state index in [1.165, 1.54) is 3.57 Å². The summed E-state index contributed by atoms with van der Waals surface area (Å²) in [6.07, 6.45) is 0. The lowest BCUT2D eigenvalue weighted by atomic mass is 10.2. The maximum Gasteiger partial charge on any atom is 0.0486 e. The molecular weight excluding hydrogens is 297 g/mol. The predicted octanol–water partition coefficient (Wildman–Crippen LogP) is 1.50. The quantitative estimate of drug-likeness (QED) is 0.857. The molecule has 0 radical (unpaired) electrons. The topological polar surface area (TPSA) is 43.1 Å². The molecule has 0 spiro atoms. The van der Waals surface area contributed by atoms with Crippen molar-refractivity contribution in [1.29, 1.82) is 0 Å². The Bertz CT molecular complexity index is 286. The monoisotopic (exact) mass is 309 g/mol. The average Bonchev–Trinajstić information content (AvgIpc) is 2.09. The van der Waals surface area contributed by atoms with Crippen LogP contribution in [-0.2, 0) is 16.6 Å². The molecule has 1 aromatic rings. The minimum Gasteiger partial charge on any atom is -0.330 e. The van der Waals surface area contributed by atoms with Crippen molar-refractivity contribution < 1.29 is 4.21 Å². The van der Waals surface area contributed by atoms with Crippen molar-refractivity contribution in [3.05, 3.63) is 33.4 Å². The molecule has 4 heteroatoms. The van der Waals surface area contributed by atoms with Crippen LogP contribution in [0.2, 0.25) is 0 Å². The van der Waals surface area contributed by atoms with Gasteiger partial charge < -0.3 is 5.73 Å². The summed E-state index contributed by atoms with van der Waals surface area (Å²) in [6, 6.07) is 8.07. The van der Waals surface area contributed by atoms with Crippen molar-refractivity contribution >= 4 is 33.4 Å². The molecular formula is C9H12INOS. The van der Waals surface area contributed by atoms with Gasteiger partial charge in [0.25, 0.3) is 0 Å². The number of halogens is 1. The Labute approximate surface area is 94.5 Å². The highest BCUT2D eigenvalue weighted by atomic mass is 127. The van der Waals surface area contributed by atoms with E-state index in [9.17, 15) is 4.21 Å². The summed E-state index contributed by atoms with van der Waals surface area (Å²) in [6.45, 7) is 0.497. The molecule has 0 saturated carbocycles. The van der Waals surface area contributed by atoms with Crippen molar-refractivity contribution in [2.75, 3.05) is 12.3 Å². The molecule has 0 amide bonds. The zero-order valence-electron chi connectivity index (χ0n) is 7.20. The highest BCUT2D eigenvalue weighted by Gasteiger charge is 1.99. The highest BCUT2D eigenvalue weighted by Crippen LogP contribution is 2.08. The van der Waals surface area contributed by atoms with Crippen molar-refractivity contribution in [3.8, 4) is 0 Å². The van der Waals surface area contributed by atoms with Gasteiger partial charge in [-0.25, -0.2) is 0 Å². The van der Waals surface area contributed by atoms with Gasteiger partial charge in [-0.15, -0.1) is 0 Å². The van der Waals surface area contributed by atoms with Crippen LogP contribution in [0.4, 0.5) is 0 Å². The fourth-order valence-corrected chi connectivity index (χ4v) is 2.30. The molecule has 0 bridgehead atoms. The molecule has 0 heterocycles. The first-order valence-corrected chi connectivity index (χ1v) is 6.58. The standard InChI is InChI=1S/C9H12INOS/c10-9-3-1-8(2-4-9)7-13(12)6-5-11/h1-4H,5-7,11H2. The fourth-order valence-electron chi connectivity index (χ4n) is 0.970. The summed E-state index contributed by atoms with van der Waals surface area (Å²) in [4.78, 5) is 0. The molecule has 2 nitrogen and oxygen atoms in total. The van der Waals surface area contributed by atoms with E-state index < -0.39 is 10.8 Å². The highest BCUT2D eigenvalue weighted by molar-refractivity contribution is 14.1. The van der Waals surface area contributed by atoms with Crippen molar-refractivity contribution in [1.82, 2.24) is 0 Å². The van der Waals surface area contributed by atoms with Gasteiger partial charge in [0.2, 0.25) is 0 Å². The fraction of sp³-hybridized carbons (Fsp3) is 0.333. The third kappa shape index (κ3) is 4.19. The van der Waals surface area contributed by atoms with E-state index >= 15 is 0 Å². The van der Waals surface area contributed by atoms with Crippen molar-refractivity contribution in [2.24, 2.45) is 5.73 Å². The normalized spacial score (nSPS) is 12.8. The van der Waals surface area contributed by atoms with Crippen LogP contribution in [0.3, 0.4) is 0 Å². The molecule has 13 heavy (non-hydrogen) atoms. The summed E-state index contributed by atoms with van der Waals surface area (Å²) in [7, 11) is -0.805. The molecule has 72 valence electrons.